The Labute approximate surface area is 135 Å². The van der Waals surface area contributed by atoms with Crippen molar-refractivity contribution in [1.82, 2.24) is 10.2 Å². The monoisotopic (exact) mass is 320 g/mol. The predicted molar refractivity (Wildman–Crippen MR) is 87.5 cm³/mol. The minimum Gasteiger partial charge on any atom is -0.389 e. The zero-order chi connectivity index (χ0) is 15.5. The Morgan fingerprint density at radius 2 is 2.18 bits per heavy atom. The normalized spacial score (nSPS) is 25.1. The van der Waals surface area contributed by atoms with Crippen LogP contribution in [0.25, 0.3) is 0 Å². The third kappa shape index (κ3) is 3.31. The van der Waals surface area contributed by atoms with Gasteiger partial charge in [0.2, 0.25) is 0 Å². The van der Waals surface area contributed by atoms with Crippen molar-refractivity contribution >= 4 is 11.6 Å². The van der Waals surface area contributed by atoms with Crippen LogP contribution in [-0.2, 0) is 11.3 Å². The highest BCUT2D eigenvalue weighted by Crippen LogP contribution is 2.29. The first-order valence-electron chi connectivity index (χ1n) is 7.42. The maximum atomic E-state index is 6.05. The van der Waals surface area contributed by atoms with E-state index in [0.29, 0.717) is 18.5 Å². The minimum absolute atomic E-state index is 0.179. The fourth-order valence-electron chi connectivity index (χ4n) is 3.04. The summed E-state index contributed by atoms with van der Waals surface area (Å²) in [6.45, 7) is 2.24. The third-order valence-corrected chi connectivity index (χ3v) is 4.20. The van der Waals surface area contributed by atoms with Crippen molar-refractivity contribution in [1.29, 1.82) is 0 Å². The molecule has 0 saturated carbocycles. The van der Waals surface area contributed by atoms with E-state index in [2.05, 4.69) is 22.3 Å². The van der Waals surface area contributed by atoms with Crippen LogP contribution in [0.5, 0.6) is 0 Å². The maximum absolute atomic E-state index is 6.05. The Bertz CT molecular complexity index is 583. The van der Waals surface area contributed by atoms with Gasteiger partial charge in [-0.25, -0.2) is 0 Å². The van der Waals surface area contributed by atoms with E-state index in [-0.39, 0.29) is 11.3 Å². The molecule has 1 aromatic carbocycles. The summed E-state index contributed by atoms with van der Waals surface area (Å²) < 4.78 is 6.05. The van der Waals surface area contributed by atoms with Gasteiger partial charge in [-0.15, -0.1) is 0 Å². The van der Waals surface area contributed by atoms with E-state index in [1.165, 1.54) is 5.56 Å². The van der Waals surface area contributed by atoms with Crippen molar-refractivity contribution < 1.29 is 4.74 Å². The molecule has 1 saturated heterocycles. The summed E-state index contributed by atoms with van der Waals surface area (Å²) in [5.41, 5.74) is 13.7. The van der Waals surface area contributed by atoms with Gasteiger partial charge in [0.15, 0.2) is 0 Å². The van der Waals surface area contributed by atoms with Crippen LogP contribution < -0.4 is 16.8 Å². The quantitative estimate of drug-likeness (QED) is 0.731. The molecule has 2 aliphatic rings. The molecule has 0 aromatic heterocycles. The van der Waals surface area contributed by atoms with Gasteiger partial charge in [0, 0.05) is 19.1 Å². The van der Waals surface area contributed by atoms with E-state index < -0.39 is 0 Å². The van der Waals surface area contributed by atoms with Gasteiger partial charge in [-0.1, -0.05) is 41.9 Å². The number of benzene rings is 1. The smallest absolute Gasteiger partial charge is 0.120 e. The largest absolute Gasteiger partial charge is 0.389 e. The first-order chi connectivity index (χ1) is 10.6. The molecule has 2 atom stereocenters. The number of rotatable bonds is 4. The number of hydrogen-bond donors (Lipinski definition) is 3. The van der Waals surface area contributed by atoms with Crippen LogP contribution in [0.4, 0.5) is 0 Å². The average Bonchev–Trinajstić information content (AvgIpc) is 2.92. The predicted octanol–water partition coefficient (Wildman–Crippen LogP) is 1.42. The summed E-state index contributed by atoms with van der Waals surface area (Å²) in [5, 5.41) is 3.44. The first-order valence-corrected chi connectivity index (χ1v) is 7.79. The number of ether oxygens (including phenoxy) is 1. The first kappa shape index (κ1) is 15.1. The van der Waals surface area contributed by atoms with E-state index >= 15 is 0 Å². The second-order valence-electron chi connectivity index (χ2n) is 5.67. The van der Waals surface area contributed by atoms with Crippen molar-refractivity contribution in [3.8, 4) is 0 Å². The summed E-state index contributed by atoms with van der Waals surface area (Å²) in [6, 6.07) is 10.6. The van der Waals surface area contributed by atoms with Crippen molar-refractivity contribution in [2.24, 2.45) is 11.5 Å². The zero-order valence-corrected chi connectivity index (χ0v) is 13.1. The molecule has 2 heterocycles. The second-order valence-corrected chi connectivity index (χ2v) is 6.11. The molecule has 5 nitrogen and oxygen atoms in total. The molecule has 0 aliphatic carbocycles. The summed E-state index contributed by atoms with van der Waals surface area (Å²) in [5.74, 6) is 0.614. The molecule has 0 radical (unpaired) electrons. The van der Waals surface area contributed by atoms with Crippen LogP contribution >= 0.6 is 11.6 Å². The molecule has 3 rings (SSSR count). The lowest BCUT2D eigenvalue weighted by Gasteiger charge is -2.33. The van der Waals surface area contributed by atoms with E-state index in [1.54, 1.807) is 6.08 Å². The van der Waals surface area contributed by atoms with Gasteiger partial charge in [-0.05, 0) is 18.1 Å². The third-order valence-electron chi connectivity index (χ3n) is 4.09. The molecular formula is C16H21ClN4O. The van der Waals surface area contributed by atoms with E-state index in [0.717, 1.165) is 25.2 Å². The SMILES string of the molecule is NC1=C(/C=C(\N)Cl)N2CC(OCc3ccccc3)CC2CN1. The van der Waals surface area contributed by atoms with Crippen LogP contribution in [0.2, 0.25) is 0 Å². The maximum Gasteiger partial charge on any atom is 0.120 e. The van der Waals surface area contributed by atoms with Gasteiger partial charge < -0.3 is 26.4 Å². The molecular weight excluding hydrogens is 300 g/mol. The Morgan fingerprint density at radius 1 is 1.41 bits per heavy atom. The highest BCUT2D eigenvalue weighted by Gasteiger charge is 2.36. The molecule has 6 heteroatoms. The summed E-state index contributed by atoms with van der Waals surface area (Å²) in [6.07, 6.45) is 2.85. The Hall–Kier alpha value is -1.85. The van der Waals surface area contributed by atoms with E-state index in [1.807, 2.05) is 18.2 Å². The lowest BCUT2D eigenvalue weighted by molar-refractivity contribution is 0.0487. The van der Waals surface area contributed by atoms with Crippen molar-refractivity contribution in [2.75, 3.05) is 13.1 Å². The van der Waals surface area contributed by atoms with Gasteiger partial charge in [-0.3, -0.25) is 0 Å². The van der Waals surface area contributed by atoms with Crippen LogP contribution in [0.1, 0.15) is 12.0 Å². The van der Waals surface area contributed by atoms with Gasteiger partial charge in [0.25, 0.3) is 0 Å². The Kier molecular flexibility index (Phi) is 4.45. The van der Waals surface area contributed by atoms with Gasteiger partial charge >= 0.3 is 0 Å². The zero-order valence-electron chi connectivity index (χ0n) is 12.3. The van der Waals surface area contributed by atoms with Gasteiger partial charge in [0.1, 0.15) is 11.0 Å². The topological polar surface area (TPSA) is 76.5 Å². The molecule has 2 aliphatic heterocycles. The standard InChI is InChI=1S/C16H21ClN4O/c17-15(18)7-14-16(19)20-8-12-6-13(9-21(12)14)22-10-11-4-2-1-3-5-11/h1-5,7,12-13,20H,6,8-10,18-19H2/b15-7-. The second kappa shape index (κ2) is 6.50. The number of nitrogens with zero attached hydrogens (tertiary/aromatic N) is 1. The van der Waals surface area contributed by atoms with E-state index in [9.17, 15) is 0 Å². The molecule has 0 bridgehead atoms. The summed E-state index contributed by atoms with van der Waals surface area (Å²) >= 11 is 5.81. The fraction of sp³-hybridized carbons (Fsp3) is 0.375. The van der Waals surface area contributed by atoms with Crippen molar-refractivity contribution in [3.05, 3.63) is 58.6 Å². The van der Waals surface area contributed by atoms with Crippen LogP contribution in [0, 0.1) is 0 Å². The van der Waals surface area contributed by atoms with Crippen LogP contribution in [0.3, 0.4) is 0 Å². The number of fused-ring (bicyclic) bond motifs is 1. The molecule has 1 fully saturated rings. The van der Waals surface area contributed by atoms with Crippen molar-refractivity contribution in [3.63, 3.8) is 0 Å². The number of nitrogens with one attached hydrogen (secondary N) is 1. The number of halogens is 1. The lowest BCUT2D eigenvalue weighted by atomic mass is 10.1. The van der Waals surface area contributed by atoms with Crippen LogP contribution in [0.15, 0.2) is 53.1 Å². The molecule has 0 spiro atoms. The number of hydrogen-bond acceptors (Lipinski definition) is 5. The Morgan fingerprint density at radius 3 is 2.91 bits per heavy atom. The fourth-order valence-corrected chi connectivity index (χ4v) is 3.14. The Balaban J connectivity index is 1.65. The lowest BCUT2D eigenvalue weighted by Crippen LogP contribution is -2.45. The highest BCUT2D eigenvalue weighted by molar-refractivity contribution is 6.29. The molecule has 2 unspecified atom stereocenters. The van der Waals surface area contributed by atoms with Crippen molar-refractivity contribution in [2.45, 2.75) is 25.2 Å². The average molecular weight is 321 g/mol. The highest BCUT2D eigenvalue weighted by atomic mass is 35.5. The summed E-state index contributed by atoms with van der Waals surface area (Å²) in [7, 11) is 0. The molecule has 118 valence electrons. The van der Waals surface area contributed by atoms with Gasteiger partial charge in [-0.2, -0.15) is 0 Å². The van der Waals surface area contributed by atoms with Crippen LogP contribution in [-0.4, -0.2) is 30.1 Å². The van der Waals surface area contributed by atoms with Gasteiger partial charge in [0.05, 0.1) is 18.4 Å². The molecule has 0 amide bonds. The molecule has 22 heavy (non-hydrogen) atoms. The minimum atomic E-state index is 0.179. The molecule has 1 aromatic rings. The number of allylic oxidation sites excluding steroid dienone is 1. The summed E-state index contributed by atoms with van der Waals surface area (Å²) in [4.78, 5) is 2.23. The molecule has 5 N–H and O–H groups in total. The van der Waals surface area contributed by atoms with E-state index in [4.69, 9.17) is 27.8 Å². The number of nitrogens with two attached hydrogens (primary N) is 2.